The van der Waals surface area contributed by atoms with E-state index in [1.165, 1.54) is 21.3 Å². The summed E-state index contributed by atoms with van der Waals surface area (Å²) in [6.07, 6.45) is -0.702. The summed E-state index contributed by atoms with van der Waals surface area (Å²) in [5, 5.41) is 2.50. The number of alkyl carbamates (subject to hydrolysis) is 1. The van der Waals surface area contributed by atoms with E-state index in [-0.39, 0.29) is 60.2 Å². The van der Waals surface area contributed by atoms with Crippen LogP contribution in [0.2, 0.25) is 10.0 Å². The van der Waals surface area contributed by atoms with Gasteiger partial charge in [0.1, 0.15) is 18.0 Å². The SMILES string of the molecule is O=C(NCC(=O)N1CCN(S(=O)(=O)c2c(Cl)cccc2Cl)CC1)OCc1ccccc1. The Bertz CT molecular complexity index is 1020. The number of nitrogens with one attached hydrogen (secondary N) is 1. The first-order valence-electron chi connectivity index (χ1n) is 9.45. The number of sulfonamides is 1. The third kappa shape index (κ3) is 5.88. The quantitative estimate of drug-likeness (QED) is 0.678. The molecule has 1 fully saturated rings. The minimum absolute atomic E-state index is 0.0456. The number of amides is 2. The van der Waals surface area contributed by atoms with Crippen LogP contribution in [0.25, 0.3) is 0 Å². The van der Waals surface area contributed by atoms with Crippen LogP contribution in [0.1, 0.15) is 5.56 Å². The monoisotopic (exact) mass is 485 g/mol. The van der Waals surface area contributed by atoms with Gasteiger partial charge in [-0.25, -0.2) is 13.2 Å². The summed E-state index contributed by atoms with van der Waals surface area (Å²) < 4.78 is 32.1. The summed E-state index contributed by atoms with van der Waals surface area (Å²) in [5.74, 6) is -0.329. The van der Waals surface area contributed by atoms with E-state index in [1.54, 1.807) is 6.07 Å². The summed E-state index contributed by atoms with van der Waals surface area (Å²) in [6.45, 7) is 0.405. The van der Waals surface area contributed by atoms with Crippen molar-refractivity contribution in [3.63, 3.8) is 0 Å². The molecular formula is C20H21Cl2N3O5S. The largest absolute Gasteiger partial charge is 0.445 e. The van der Waals surface area contributed by atoms with Crippen molar-refractivity contribution in [2.45, 2.75) is 11.5 Å². The molecule has 2 amide bonds. The van der Waals surface area contributed by atoms with E-state index in [0.29, 0.717) is 0 Å². The summed E-state index contributed by atoms with van der Waals surface area (Å²) in [7, 11) is -3.89. The standard InChI is InChI=1S/C20H21Cl2N3O5S/c21-16-7-4-8-17(22)19(16)31(28,29)25-11-9-24(10-12-25)18(26)13-23-20(27)30-14-15-5-2-1-3-6-15/h1-8H,9-14H2,(H,23,27). The van der Waals surface area contributed by atoms with Crippen LogP contribution in [0.5, 0.6) is 0 Å². The van der Waals surface area contributed by atoms with Crippen LogP contribution in [0.3, 0.4) is 0 Å². The zero-order valence-corrected chi connectivity index (χ0v) is 18.8. The van der Waals surface area contributed by atoms with Gasteiger partial charge in [0, 0.05) is 26.2 Å². The molecule has 0 aliphatic carbocycles. The molecule has 1 aliphatic rings. The fraction of sp³-hybridized carbons (Fsp3) is 0.300. The first kappa shape index (κ1) is 23.3. The highest BCUT2D eigenvalue weighted by atomic mass is 35.5. The topological polar surface area (TPSA) is 96.0 Å². The molecule has 1 heterocycles. The summed E-state index contributed by atoms with van der Waals surface area (Å²) >= 11 is 12.1. The van der Waals surface area contributed by atoms with Gasteiger partial charge in [0.05, 0.1) is 10.0 Å². The van der Waals surface area contributed by atoms with Crippen LogP contribution in [0, 0.1) is 0 Å². The van der Waals surface area contributed by atoms with Gasteiger partial charge in [-0.2, -0.15) is 4.31 Å². The van der Waals surface area contributed by atoms with E-state index in [2.05, 4.69) is 5.32 Å². The number of hydrogen-bond donors (Lipinski definition) is 1. The molecule has 0 aromatic heterocycles. The van der Waals surface area contributed by atoms with Crippen molar-refractivity contribution in [3.8, 4) is 0 Å². The Labute approximate surface area is 190 Å². The molecule has 0 unspecified atom stereocenters. The summed E-state index contributed by atoms with van der Waals surface area (Å²) in [6, 6.07) is 13.7. The van der Waals surface area contributed by atoms with Gasteiger partial charge in [0.2, 0.25) is 15.9 Å². The zero-order valence-electron chi connectivity index (χ0n) is 16.5. The zero-order chi connectivity index (χ0) is 22.4. The van der Waals surface area contributed by atoms with Gasteiger partial charge in [0.15, 0.2) is 0 Å². The fourth-order valence-corrected chi connectivity index (χ4v) is 5.58. The molecule has 1 saturated heterocycles. The molecule has 0 radical (unpaired) electrons. The summed E-state index contributed by atoms with van der Waals surface area (Å²) in [4.78, 5) is 25.5. The van der Waals surface area contributed by atoms with Gasteiger partial charge < -0.3 is 15.0 Å². The molecule has 3 rings (SSSR count). The number of hydrogen-bond acceptors (Lipinski definition) is 5. The minimum Gasteiger partial charge on any atom is -0.445 e. The third-order valence-electron chi connectivity index (χ3n) is 4.70. The second-order valence-corrected chi connectivity index (χ2v) is 9.44. The smallest absolute Gasteiger partial charge is 0.407 e. The predicted molar refractivity (Wildman–Crippen MR) is 116 cm³/mol. The molecule has 0 saturated carbocycles. The van der Waals surface area contributed by atoms with Crippen molar-refractivity contribution in [1.29, 1.82) is 0 Å². The predicted octanol–water partition coefficient (Wildman–Crippen LogP) is 2.75. The maximum atomic E-state index is 12.9. The van der Waals surface area contributed by atoms with Crippen LogP contribution < -0.4 is 5.32 Å². The highest BCUT2D eigenvalue weighted by molar-refractivity contribution is 7.89. The number of nitrogens with zero attached hydrogens (tertiary/aromatic N) is 2. The van der Waals surface area contributed by atoms with Crippen molar-refractivity contribution in [1.82, 2.24) is 14.5 Å². The molecule has 1 N–H and O–H groups in total. The van der Waals surface area contributed by atoms with Crippen molar-refractivity contribution >= 4 is 45.2 Å². The fourth-order valence-electron chi connectivity index (χ4n) is 3.07. The highest BCUT2D eigenvalue weighted by Gasteiger charge is 2.33. The third-order valence-corrected chi connectivity index (χ3v) is 7.56. The van der Waals surface area contributed by atoms with Crippen LogP contribution >= 0.6 is 23.2 Å². The van der Waals surface area contributed by atoms with Gasteiger partial charge in [-0.3, -0.25) is 4.79 Å². The van der Waals surface area contributed by atoms with Crippen LogP contribution in [0.4, 0.5) is 4.79 Å². The van der Waals surface area contributed by atoms with Gasteiger partial charge in [0.25, 0.3) is 0 Å². The Balaban J connectivity index is 1.48. The maximum absolute atomic E-state index is 12.9. The maximum Gasteiger partial charge on any atom is 0.407 e. The van der Waals surface area contributed by atoms with Crippen molar-refractivity contribution in [2.75, 3.05) is 32.7 Å². The molecule has 11 heteroatoms. The Morgan fingerprint density at radius 1 is 0.935 bits per heavy atom. The number of piperazine rings is 1. The van der Waals surface area contributed by atoms with Gasteiger partial charge >= 0.3 is 6.09 Å². The van der Waals surface area contributed by atoms with Crippen LogP contribution in [-0.2, 0) is 26.2 Å². The first-order valence-corrected chi connectivity index (χ1v) is 11.6. The molecule has 2 aromatic carbocycles. The van der Waals surface area contributed by atoms with Crippen LogP contribution in [-0.4, -0.2) is 62.3 Å². The second-order valence-electron chi connectivity index (χ2n) is 6.75. The van der Waals surface area contributed by atoms with Crippen molar-refractivity contribution in [3.05, 3.63) is 64.1 Å². The average Bonchev–Trinajstić information content (AvgIpc) is 2.76. The molecule has 0 atom stereocenters. The average molecular weight is 486 g/mol. The lowest BCUT2D eigenvalue weighted by Crippen LogP contribution is -2.52. The number of halogens is 2. The van der Waals surface area contributed by atoms with Crippen molar-refractivity contribution in [2.24, 2.45) is 0 Å². The minimum atomic E-state index is -3.89. The van der Waals surface area contributed by atoms with E-state index in [0.717, 1.165) is 5.56 Å². The lowest BCUT2D eigenvalue weighted by atomic mass is 10.2. The van der Waals surface area contributed by atoms with Crippen LogP contribution in [0.15, 0.2) is 53.4 Å². The van der Waals surface area contributed by atoms with E-state index in [1.807, 2.05) is 30.3 Å². The molecule has 31 heavy (non-hydrogen) atoms. The Morgan fingerprint density at radius 3 is 2.16 bits per heavy atom. The molecule has 1 aliphatic heterocycles. The van der Waals surface area contributed by atoms with Crippen molar-refractivity contribution < 1.29 is 22.7 Å². The van der Waals surface area contributed by atoms with E-state index >= 15 is 0 Å². The Morgan fingerprint density at radius 2 is 1.55 bits per heavy atom. The van der Waals surface area contributed by atoms with Gasteiger partial charge in [-0.15, -0.1) is 0 Å². The van der Waals surface area contributed by atoms with Gasteiger partial charge in [-0.05, 0) is 17.7 Å². The lowest BCUT2D eigenvalue weighted by molar-refractivity contribution is -0.131. The normalized spacial score (nSPS) is 14.8. The van der Waals surface area contributed by atoms with E-state index in [4.69, 9.17) is 27.9 Å². The summed E-state index contributed by atoms with van der Waals surface area (Å²) in [5.41, 5.74) is 0.833. The number of carbonyl (C=O) groups excluding carboxylic acids is 2. The first-order chi connectivity index (χ1) is 14.8. The number of benzene rings is 2. The van der Waals surface area contributed by atoms with Gasteiger partial charge in [-0.1, -0.05) is 59.6 Å². The molecule has 8 nitrogen and oxygen atoms in total. The number of carbonyl (C=O) groups is 2. The van der Waals surface area contributed by atoms with E-state index in [9.17, 15) is 18.0 Å². The number of ether oxygens (including phenoxy) is 1. The Hall–Kier alpha value is -2.33. The molecule has 166 valence electrons. The highest BCUT2D eigenvalue weighted by Crippen LogP contribution is 2.31. The lowest BCUT2D eigenvalue weighted by Gasteiger charge is -2.34. The molecular weight excluding hydrogens is 465 g/mol. The van der Waals surface area contributed by atoms with E-state index < -0.39 is 16.1 Å². The second kappa shape index (κ2) is 10.3. The molecule has 0 spiro atoms. The molecule has 0 bridgehead atoms. The molecule has 2 aromatic rings. The Kier molecular flexibility index (Phi) is 7.77. The number of rotatable bonds is 6.